The Morgan fingerprint density at radius 3 is 2.45 bits per heavy atom. The van der Waals surface area contributed by atoms with Gasteiger partial charge in [-0.1, -0.05) is 20.3 Å². The summed E-state index contributed by atoms with van der Waals surface area (Å²) in [5.41, 5.74) is 2.44. The van der Waals surface area contributed by atoms with E-state index in [2.05, 4.69) is 67.2 Å². The quantitative estimate of drug-likeness (QED) is 0.500. The van der Waals surface area contributed by atoms with Crippen molar-refractivity contribution in [1.82, 2.24) is 4.57 Å². The number of fused-ring (bicyclic) bond motifs is 5. The van der Waals surface area contributed by atoms with E-state index in [1.165, 1.54) is 69.9 Å². The number of hydrogen-bond donors (Lipinski definition) is 0. The highest BCUT2D eigenvalue weighted by molar-refractivity contribution is 5.38. The third-order valence-corrected chi connectivity index (χ3v) is 10.4. The van der Waals surface area contributed by atoms with Crippen LogP contribution in [0.25, 0.3) is 5.69 Å². The monoisotopic (exact) mass is 417 g/mol. The van der Waals surface area contributed by atoms with E-state index in [1.54, 1.807) is 0 Å². The molecular weight excluding hydrogens is 378 g/mol. The molecule has 0 N–H and O–H groups in total. The van der Waals surface area contributed by atoms with Crippen LogP contribution in [-0.4, -0.2) is 10.7 Å². The minimum atomic E-state index is 0.396. The molecule has 2 heteroatoms. The number of ether oxygens (including phenoxy) is 1. The lowest BCUT2D eigenvalue weighted by molar-refractivity contribution is -0.118. The molecule has 4 saturated carbocycles. The predicted molar refractivity (Wildman–Crippen MR) is 127 cm³/mol. The second kappa shape index (κ2) is 7.42. The Morgan fingerprint density at radius 2 is 1.65 bits per heavy atom. The minimum absolute atomic E-state index is 0.396. The van der Waals surface area contributed by atoms with Crippen LogP contribution in [0.2, 0.25) is 0 Å². The van der Waals surface area contributed by atoms with Crippen molar-refractivity contribution in [3.8, 4) is 11.4 Å². The first-order valence-electron chi connectivity index (χ1n) is 13.0. The highest BCUT2D eigenvalue weighted by Gasteiger charge is 2.57. The van der Waals surface area contributed by atoms with Crippen molar-refractivity contribution in [3.05, 3.63) is 48.8 Å². The molecule has 0 saturated heterocycles. The van der Waals surface area contributed by atoms with Crippen LogP contribution in [0, 0.1) is 34.5 Å². The number of aromatic nitrogens is 1. The Balaban J connectivity index is 1.13. The van der Waals surface area contributed by atoms with E-state index in [0.29, 0.717) is 16.9 Å². The summed E-state index contributed by atoms with van der Waals surface area (Å²) in [6, 6.07) is 12.8. The molecule has 1 heterocycles. The molecule has 0 bridgehead atoms. The molecule has 4 fully saturated rings. The third-order valence-electron chi connectivity index (χ3n) is 10.4. The van der Waals surface area contributed by atoms with Crippen molar-refractivity contribution in [3.63, 3.8) is 0 Å². The number of rotatable bonds is 3. The van der Waals surface area contributed by atoms with E-state index in [1.807, 2.05) is 0 Å². The van der Waals surface area contributed by atoms with Gasteiger partial charge in [-0.05, 0) is 129 Å². The van der Waals surface area contributed by atoms with Crippen LogP contribution >= 0.6 is 0 Å². The predicted octanol–water partition coefficient (Wildman–Crippen LogP) is 7.66. The van der Waals surface area contributed by atoms with Gasteiger partial charge in [0.25, 0.3) is 0 Å². The number of nitrogens with zero attached hydrogens (tertiary/aromatic N) is 1. The Morgan fingerprint density at radius 1 is 0.839 bits per heavy atom. The van der Waals surface area contributed by atoms with E-state index in [-0.39, 0.29) is 0 Å². The average molecular weight is 418 g/mol. The molecule has 4 aliphatic carbocycles. The first kappa shape index (κ1) is 19.9. The summed E-state index contributed by atoms with van der Waals surface area (Å²) in [4.78, 5) is 0. The van der Waals surface area contributed by atoms with Crippen molar-refractivity contribution in [2.45, 2.75) is 84.2 Å². The van der Waals surface area contributed by atoms with E-state index in [4.69, 9.17) is 4.74 Å². The molecule has 0 radical (unpaired) electrons. The molecule has 0 amide bonds. The molecule has 6 rings (SSSR count). The zero-order valence-electron chi connectivity index (χ0n) is 19.4. The van der Waals surface area contributed by atoms with E-state index >= 15 is 0 Å². The molecule has 7 atom stereocenters. The van der Waals surface area contributed by atoms with Crippen LogP contribution in [0.5, 0.6) is 5.75 Å². The summed E-state index contributed by atoms with van der Waals surface area (Å²) in [7, 11) is 0. The Bertz CT molecular complexity index is 901. The first-order chi connectivity index (χ1) is 15.1. The van der Waals surface area contributed by atoms with Gasteiger partial charge in [-0.3, -0.25) is 0 Å². The van der Waals surface area contributed by atoms with Crippen LogP contribution in [-0.2, 0) is 0 Å². The summed E-state index contributed by atoms with van der Waals surface area (Å²) in [6.45, 7) is 5.30. The van der Waals surface area contributed by atoms with Crippen LogP contribution in [0.15, 0.2) is 48.8 Å². The summed E-state index contributed by atoms with van der Waals surface area (Å²) >= 11 is 0. The van der Waals surface area contributed by atoms with Crippen LogP contribution in [0.3, 0.4) is 0 Å². The van der Waals surface area contributed by atoms with Crippen molar-refractivity contribution in [1.29, 1.82) is 0 Å². The zero-order chi connectivity index (χ0) is 21.1. The fourth-order valence-corrected chi connectivity index (χ4v) is 8.71. The first-order valence-corrected chi connectivity index (χ1v) is 13.0. The van der Waals surface area contributed by atoms with Gasteiger partial charge in [0.05, 0.1) is 6.10 Å². The normalized spacial score (nSPS) is 41.8. The number of hydrogen-bond acceptors (Lipinski definition) is 1. The van der Waals surface area contributed by atoms with Gasteiger partial charge < -0.3 is 9.30 Å². The van der Waals surface area contributed by atoms with Crippen molar-refractivity contribution < 1.29 is 4.74 Å². The molecule has 1 aromatic carbocycles. The van der Waals surface area contributed by atoms with Gasteiger partial charge in [0.15, 0.2) is 0 Å². The molecule has 2 aromatic rings. The second-order valence-electron chi connectivity index (χ2n) is 11.8. The Labute approximate surface area is 188 Å². The summed E-state index contributed by atoms with van der Waals surface area (Å²) < 4.78 is 8.68. The second-order valence-corrected chi connectivity index (χ2v) is 11.8. The average Bonchev–Trinajstić information content (AvgIpc) is 3.44. The van der Waals surface area contributed by atoms with Crippen molar-refractivity contribution in [2.24, 2.45) is 34.5 Å². The SMILES string of the molecule is C[C@@]12CCC[C@H]1[C@@H]1CC[C@H]3CC(Oc4ccc(-n5cccc5)cc4)CC[C@]3(C)[C@H]1CC2. The van der Waals surface area contributed by atoms with Crippen LogP contribution in [0.1, 0.15) is 78.1 Å². The topological polar surface area (TPSA) is 14.2 Å². The molecule has 2 nitrogen and oxygen atoms in total. The largest absolute Gasteiger partial charge is 0.490 e. The van der Waals surface area contributed by atoms with Gasteiger partial charge in [-0.25, -0.2) is 0 Å². The summed E-state index contributed by atoms with van der Waals surface area (Å²) in [5.74, 6) is 4.91. The van der Waals surface area contributed by atoms with Gasteiger partial charge in [-0.15, -0.1) is 0 Å². The van der Waals surface area contributed by atoms with E-state index < -0.39 is 0 Å². The molecule has 0 spiro atoms. The highest BCUT2D eigenvalue weighted by atomic mass is 16.5. The Kier molecular flexibility index (Phi) is 4.78. The van der Waals surface area contributed by atoms with Crippen molar-refractivity contribution >= 4 is 0 Å². The maximum Gasteiger partial charge on any atom is 0.119 e. The minimum Gasteiger partial charge on any atom is -0.490 e. The molecule has 31 heavy (non-hydrogen) atoms. The van der Waals surface area contributed by atoms with E-state index in [0.717, 1.165) is 29.4 Å². The lowest BCUT2D eigenvalue weighted by Crippen LogP contribution is -2.53. The number of benzene rings is 1. The standard InChI is InChI=1S/C29H39NO/c1-28-15-5-6-26(28)25-12-7-21-20-24(13-17-29(21,2)27(25)14-16-28)31-23-10-8-22(9-11-23)30-18-3-4-19-30/h3-4,8-11,18-19,21,24-27H,5-7,12-17,20H2,1-2H3/t21-,24?,25-,26-,27-,28-,29-/m0/s1. The van der Waals surface area contributed by atoms with Crippen molar-refractivity contribution in [2.75, 3.05) is 0 Å². The fourth-order valence-electron chi connectivity index (χ4n) is 8.71. The van der Waals surface area contributed by atoms with Crippen LogP contribution in [0.4, 0.5) is 0 Å². The third kappa shape index (κ3) is 3.28. The molecule has 166 valence electrons. The lowest BCUT2D eigenvalue weighted by atomic mass is 9.45. The molecule has 1 aromatic heterocycles. The van der Waals surface area contributed by atoms with Crippen LogP contribution < -0.4 is 4.74 Å². The lowest BCUT2D eigenvalue weighted by Gasteiger charge is -2.60. The van der Waals surface area contributed by atoms with E-state index in [9.17, 15) is 0 Å². The Hall–Kier alpha value is -1.70. The van der Waals surface area contributed by atoms with Gasteiger partial charge in [0.2, 0.25) is 0 Å². The zero-order valence-corrected chi connectivity index (χ0v) is 19.4. The van der Waals surface area contributed by atoms with Gasteiger partial charge in [0, 0.05) is 18.1 Å². The van der Waals surface area contributed by atoms with Gasteiger partial charge in [0.1, 0.15) is 5.75 Å². The molecule has 4 aliphatic rings. The molecule has 1 unspecified atom stereocenters. The molecule has 0 aliphatic heterocycles. The maximum absolute atomic E-state index is 6.53. The summed E-state index contributed by atoms with van der Waals surface area (Å²) in [6.07, 6.45) is 18.9. The van der Waals surface area contributed by atoms with Gasteiger partial charge in [-0.2, -0.15) is 0 Å². The summed E-state index contributed by atoms with van der Waals surface area (Å²) in [5, 5.41) is 0. The fraction of sp³-hybridized carbons (Fsp3) is 0.655. The molecular formula is C29H39NO. The highest BCUT2D eigenvalue weighted by Crippen LogP contribution is 2.66. The smallest absolute Gasteiger partial charge is 0.119 e. The maximum atomic E-state index is 6.53. The van der Waals surface area contributed by atoms with Gasteiger partial charge >= 0.3 is 0 Å².